The number of cyclic esters (lactones) is 1. The van der Waals surface area contributed by atoms with E-state index in [1.165, 1.54) is 7.11 Å². The minimum Gasteiger partial charge on any atom is -0.454 e. The molecule has 11 nitrogen and oxygen atoms in total. The van der Waals surface area contributed by atoms with E-state index in [0.29, 0.717) is 18.5 Å². The van der Waals surface area contributed by atoms with Gasteiger partial charge in [-0.15, -0.1) is 0 Å². The van der Waals surface area contributed by atoms with Crippen molar-refractivity contribution in [3.63, 3.8) is 0 Å². The van der Waals surface area contributed by atoms with Crippen LogP contribution in [0, 0.1) is 5.92 Å². The number of benzene rings is 3. The quantitative estimate of drug-likeness (QED) is 0.207. The summed E-state index contributed by atoms with van der Waals surface area (Å²) in [6.45, 7) is 0.531. The van der Waals surface area contributed by atoms with Crippen molar-refractivity contribution in [3.05, 3.63) is 108 Å². The zero-order valence-corrected chi connectivity index (χ0v) is 29.4. The van der Waals surface area contributed by atoms with E-state index in [9.17, 15) is 24.3 Å². The van der Waals surface area contributed by atoms with Gasteiger partial charge in [-0.25, -0.2) is 9.59 Å². The fraction of sp³-hybridized carbons (Fsp3) is 0.415. The van der Waals surface area contributed by atoms with Gasteiger partial charge < -0.3 is 34.9 Å². The standard InChI is InChI=1S/C41H47N3O8/c1-50-26-36-38(27-13-4-2-5-14-27)52-40(48)35(21-7-3-6-15-28(39(47)42-36)23-37(46)44-22-12-16-29(44)24-45)43-41(49)51-25-34-32-19-10-8-17-30(32)31-18-9-11-20-33(31)34/h2-6,8-11,13-14,17-20,28-29,34-36,38,45H,7,12,15-16,21-26H2,1H3,(H,42,47)(H,43,49). The molecule has 1 saturated heterocycles. The van der Waals surface area contributed by atoms with Gasteiger partial charge in [0.15, 0.2) is 0 Å². The Hall–Kier alpha value is -5.00. The Labute approximate surface area is 304 Å². The smallest absolute Gasteiger partial charge is 0.407 e. The number of hydrogen-bond donors (Lipinski definition) is 3. The van der Waals surface area contributed by atoms with E-state index in [1.54, 1.807) is 29.2 Å². The van der Waals surface area contributed by atoms with Crippen molar-refractivity contribution < 1.29 is 38.5 Å². The molecule has 3 aromatic carbocycles. The van der Waals surface area contributed by atoms with Crippen molar-refractivity contribution in [2.24, 2.45) is 5.92 Å². The van der Waals surface area contributed by atoms with E-state index in [0.717, 1.165) is 35.1 Å². The predicted molar refractivity (Wildman–Crippen MR) is 194 cm³/mol. The molecular weight excluding hydrogens is 662 g/mol. The number of nitrogens with zero attached hydrogens (tertiary/aromatic N) is 1. The van der Waals surface area contributed by atoms with Gasteiger partial charge in [0.25, 0.3) is 0 Å². The molecule has 3 aliphatic rings. The van der Waals surface area contributed by atoms with Gasteiger partial charge in [0.1, 0.15) is 18.8 Å². The van der Waals surface area contributed by atoms with Crippen molar-refractivity contribution in [1.29, 1.82) is 0 Å². The summed E-state index contributed by atoms with van der Waals surface area (Å²) in [5, 5.41) is 15.5. The number of amides is 3. The zero-order valence-electron chi connectivity index (χ0n) is 29.4. The van der Waals surface area contributed by atoms with Gasteiger partial charge in [0.05, 0.1) is 31.2 Å². The molecule has 2 aliphatic heterocycles. The van der Waals surface area contributed by atoms with Crippen LogP contribution in [0.15, 0.2) is 91.0 Å². The number of aliphatic hydroxyl groups excluding tert-OH is 1. The van der Waals surface area contributed by atoms with Crippen LogP contribution in [-0.4, -0.2) is 85.5 Å². The van der Waals surface area contributed by atoms with E-state index in [2.05, 4.69) is 22.8 Å². The van der Waals surface area contributed by atoms with Crippen LogP contribution in [0.4, 0.5) is 4.79 Å². The number of likely N-dealkylation sites (tertiary alicyclic amines) is 1. The van der Waals surface area contributed by atoms with Crippen LogP contribution < -0.4 is 10.6 Å². The molecule has 3 N–H and O–H groups in total. The molecule has 1 aliphatic carbocycles. The molecule has 6 rings (SSSR count). The molecular formula is C41H47N3O8. The molecule has 3 amide bonds. The molecule has 3 aromatic rings. The molecule has 5 unspecified atom stereocenters. The van der Waals surface area contributed by atoms with E-state index in [-0.39, 0.29) is 62.9 Å². The van der Waals surface area contributed by atoms with Gasteiger partial charge >= 0.3 is 12.1 Å². The first-order chi connectivity index (χ1) is 25.4. The zero-order chi connectivity index (χ0) is 36.5. The Kier molecular flexibility index (Phi) is 12.4. The lowest BCUT2D eigenvalue weighted by Gasteiger charge is -2.31. The second kappa shape index (κ2) is 17.5. The molecule has 5 atom stereocenters. The van der Waals surface area contributed by atoms with Crippen LogP contribution in [0.2, 0.25) is 0 Å². The lowest BCUT2D eigenvalue weighted by molar-refractivity contribution is -0.155. The van der Waals surface area contributed by atoms with Crippen LogP contribution in [0.3, 0.4) is 0 Å². The molecule has 2 heterocycles. The summed E-state index contributed by atoms with van der Waals surface area (Å²) < 4.78 is 17.4. The van der Waals surface area contributed by atoms with E-state index in [1.807, 2.05) is 54.6 Å². The summed E-state index contributed by atoms with van der Waals surface area (Å²) in [6.07, 6.45) is 4.36. The van der Waals surface area contributed by atoms with Crippen LogP contribution in [0.25, 0.3) is 11.1 Å². The second-order valence-electron chi connectivity index (χ2n) is 13.6. The average Bonchev–Trinajstić information content (AvgIpc) is 3.78. The van der Waals surface area contributed by atoms with Crippen molar-refractivity contribution in [2.75, 3.05) is 33.5 Å². The molecule has 0 aromatic heterocycles. The number of carbonyl (C=O) groups excluding carboxylic acids is 4. The van der Waals surface area contributed by atoms with Gasteiger partial charge in [0.2, 0.25) is 11.8 Å². The third-order valence-corrected chi connectivity index (χ3v) is 10.2. The first-order valence-electron chi connectivity index (χ1n) is 18.1. The molecule has 1 fully saturated rings. The summed E-state index contributed by atoms with van der Waals surface area (Å²) in [4.78, 5) is 56.2. The Bertz CT molecular complexity index is 1700. The number of fused-ring (bicyclic) bond motifs is 3. The number of hydrogen-bond acceptors (Lipinski definition) is 8. The predicted octanol–water partition coefficient (Wildman–Crippen LogP) is 5.04. The van der Waals surface area contributed by atoms with Crippen LogP contribution in [-0.2, 0) is 28.6 Å². The Morgan fingerprint density at radius 1 is 0.923 bits per heavy atom. The van der Waals surface area contributed by atoms with E-state index < -0.39 is 36.2 Å². The summed E-state index contributed by atoms with van der Waals surface area (Å²) in [6, 6.07) is 23.1. The monoisotopic (exact) mass is 709 g/mol. The number of allylic oxidation sites excluding steroid dienone is 2. The van der Waals surface area contributed by atoms with E-state index >= 15 is 0 Å². The van der Waals surface area contributed by atoms with Crippen LogP contribution >= 0.6 is 0 Å². The average molecular weight is 710 g/mol. The lowest BCUT2D eigenvalue weighted by Crippen LogP contribution is -2.49. The number of methoxy groups -OCH3 is 1. The molecule has 0 saturated carbocycles. The largest absolute Gasteiger partial charge is 0.454 e. The number of esters is 1. The third kappa shape index (κ3) is 8.54. The fourth-order valence-corrected chi connectivity index (χ4v) is 7.55. The Morgan fingerprint density at radius 3 is 2.31 bits per heavy atom. The van der Waals surface area contributed by atoms with Crippen molar-refractivity contribution >= 4 is 23.9 Å². The van der Waals surface area contributed by atoms with Crippen molar-refractivity contribution in [1.82, 2.24) is 15.5 Å². The molecule has 0 spiro atoms. The van der Waals surface area contributed by atoms with Gasteiger partial charge in [-0.2, -0.15) is 0 Å². The second-order valence-corrected chi connectivity index (χ2v) is 13.6. The Balaban J connectivity index is 1.20. The van der Waals surface area contributed by atoms with Crippen molar-refractivity contribution in [2.45, 2.75) is 68.7 Å². The first kappa shape index (κ1) is 36.8. The van der Waals surface area contributed by atoms with E-state index in [4.69, 9.17) is 14.2 Å². The topological polar surface area (TPSA) is 144 Å². The van der Waals surface area contributed by atoms with Crippen molar-refractivity contribution in [3.8, 4) is 11.1 Å². The van der Waals surface area contributed by atoms with Gasteiger partial charge in [-0.05, 0) is 59.9 Å². The lowest BCUT2D eigenvalue weighted by atomic mass is 9.96. The van der Waals surface area contributed by atoms with Gasteiger partial charge in [-0.1, -0.05) is 91.0 Å². The number of alkyl carbamates (subject to hydrolysis) is 1. The SMILES string of the molecule is COCC1NC(=O)C(CC(=O)N2CCCC2CO)CC=CCCC(NC(=O)OCC2c3ccccc3-c3ccccc32)C(=O)OC1c1ccccc1. The summed E-state index contributed by atoms with van der Waals surface area (Å²) in [5.74, 6) is -2.08. The number of nitrogens with one attached hydrogen (secondary N) is 2. The summed E-state index contributed by atoms with van der Waals surface area (Å²) in [5.41, 5.74) is 5.00. The van der Waals surface area contributed by atoms with Gasteiger partial charge in [-0.3, -0.25) is 9.59 Å². The third-order valence-electron chi connectivity index (χ3n) is 10.2. The number of carbonyl (C=O) groups is 4. The van der Waals surface area contributed by atoms with Crippen LogP contribution in [0.5, 0.6) is 0 Å². The highest BCUT2D eigenvalue weighted by atomic mass is 16.6. The maximum atomic E-state index is 13.9. The highest BCUT2D eigenvalue weighted by molar-refractivity contribution is 5.87. The number of aliphatic hydroxyl groups is 1. The molecule has 52 heavy (non-hydrogen) atoms. The highest BCUT2D eigenvalue weighted by Gasteiger charge is 2.36. The molecule has 0 bridgehead atoms. The van der Waals surface area contributed by atoms with Gasteiger partial charge in [0, 0.05) is 26.0 Å². The normalized spacial score (nSPS) is 23.7. The minimum atomic E-state index is -1.05. The maximum Gasteiger partial charge on any atom is 0.407 e. The van der Waals surface area contributed by atoms with Crippen LogP contribution in [0.1, 0.15) is 67.2 Å². The summed E-state index contributed by atoms with van der Waals surface area (Å²) in [7, 11) is 1.49. The molecule has 274 valence electrons. The highest BCUT2D eigenvalue weighted by Crippen LogP contribution is 2.44. The Morgan fingerprint density at radius 2 is 1.62 bits per heavy atom. The maximum absolute atomic E-state index is 13.9. The molecule has 0 radical (unpaired) electrons. The first-order valence-corrected chi connectivity index (χ1v) is 18.1. The number of ether oxygens (including phenoxy) is 3. The minimum absolute atomic E-state index is 0.0122. The fourth-order valence-electron chi connectivity index (χ4n) is 7.55. The molecule has 11 heteroatoms. The number of rotatable bonds is 9. The summed E-state index contributed by atoms with van der Waals surface area (Å²) >= 11 is 0.